The Labute approximate surface area is 120 Å². The zero-order chi connectivity index (χ0) is 13.5. The minimum Gasteiger partial charge on any atom is -0.399 e. The molecule has 0 saturated heterocycles. The molecule has 1 aliphatic rings. The molecule has 4 rings (SSSR count). The van der Waals surface area contributed by atoms with Crippen LogP contribution in [-0.2, 0) is 0 Å². The largest absolute Gasteiger partial charge is 0.399 e. The van der Waals surface area contributed by atoms with Gasteiger partial charge in [-0.15, -0.1) is 11.3 Å². The number of nitrogen functional groups attached to an aromatic ring is 1. The van der Waals surface area contributed by atoms with Gasteiger partial charge < -0.3 is 5.73 Å². The summed E-state index contributed by atoms with van der Waals surface area (Å²) in [6.07, 6.45) is 5.91. The van der Waals surface area contributed by atoms with Gasteiger partial charge in [0, 0.05) is 31.4 Å². The minimum atomic E-state index is 0.808. The number of thiophene rings is 1. The zero-order valence-corrected chi connectivity index (χ0v) is 11.5. The summed E-state index contributed by atoms with van der Waals surface area (Å²) >= 11 is 1.80. The molecule has 2 aromatic carbocycles. The fraction of sp³-hybridized carbons (Fsp3) is 0. The molecule has 0 aliphatic heterocycles. The predicted octanol–water partition coefficient (Wildman–Crippen LogP) is 4.90. The maximum absolute atomic E-state index is 5.92. The number of fused-ring (bicyclic) bond motifs is 3. The van der Waals surface area contributed by atoms with E-state index in [4.69, 9.17) is 5.73 Å². The summed E-state index contributed by atoms with van der Waals surface area (Å²) in [5.41, 5.74) is 15.1. The third-order valence-electron chi connectivity index (χ3n) is 3.45. The molecule has 0 spiro atoms. The number of anilines is 1. The Morgan fingerprint density at radius 1 is 0.950 bits per heavy atom. The Hall–Kier alpha value is -2.50. The quantitative estimate of drug-likeness (QED) is 0.495. The normalized spacial score (nSPS) is 13.3. The molecule has 2 heteroatoms. The van der Waals surface area contributed by atoms with Crippen molar-refractivity contribution >= 4 is 42.8 Å². The summed E-state index contributed by atoms with van der Waals surface area (Å²) < 4.78 is 2.56. The van der Waals surface area contributed by atoms with Gasteiger partial charge >= 0.3 is 0 Å². The van der Waals surface area contributed by atoms with Gasteiger partial charge in [0.15, 0.2) is 0 Å². The van der Waals surface area contributed by atoms with Crippen molar-refractivity contribution in [3.63, 3.8) is 0 Å². The van der Waals surface area contributed by atoms with E-state index in [-0.39, 0.29) is 0 Å². The summed E-state index contributed by atoms with van der Waals surface area (Å²) in [6, 6.07) is 12.6. The third kappa shape index (κ3) is 1.72. The van der Waals surface area contributed by atoms with E-state index < -0.39 is 0 Å². The van der Waals surface area contributed by atoms with Crippen LogP contribution in [0.4, 0.5) is 5.69 Å². The molecule has 0 amide bonds. The number of benzene rings is 2. The number of nitrogens with two attached hydrogens (primary N) is 1. The maximum atomic E-state index is 5.92. The van der Waals surface area contributed by atoms with Gasteiger partial charge in [0.2, 0.25) is 0 Å². The number of rotatable bonds is 1. The summed E-state index contributed by atoms with van der Waals surface area (Å²) in [4.78, 5) is 0. The lowest BCUT2D eigenvalue weighted by Gasteiger charge is -2.01. The second-order valence-electron chi connectivity index (χ2n) is 4.78. The first-order chi connectivity index (χ1) is 9.81. The van der Waals surface area contributed by atoms with Crippen molar-refractivity contribution in [3.8, 4) is 0 Å². The average Bonchev–Trinajstić information content (AvgIpc) is 2.85. The Balaban J connectivity index is 2.05. The van der Waals surface area contributed by atoms with Gasteiger partial charge in [-0.1, -0.05) is 23.6 Å². The van der Waals surface area contributed by atoms with Crippen molar-refractivity contribution in [2.45, 2.75) is 0 Å². The molecule has 2 N–H and O–H groups in total. The molecule has 0 saturated carbocycles. The van der Waals surface area contributed by atoms with E-state index in [0.29, 0.717) is 0 Å². The van der Waals surface area contributed by atoms with E-state index in [2.05, 4.69) is 47.9 Å². The van der Waals surface area contributed by atoms with Crippen LogP contribution in [0, 0.1) is 0 Å². The van der Waals surface area contributed by atoms with E-state index in [9.17, 15) is 0 Å². The van der Waals surface area contributed by atoms with Gasteiger partial charge in [0.05, 0.1) is 0 Å². The van der Waals surface area contributed by atoms with Crippen LogP contribution in [0.3, 0.4) is 0 Å². The zero-order valence-electron chi connectivity index (χ0n) is 10.7. The molecular weight excluding hydrogens is 262 g/mol. The topological polar surface area (TPSA) is 26.0 Å². The van der Waals surface area contributed by atoms with Crippen molar-refractivity contribution in [1.82, 2.24) is 0 Å². The highest BCUT2D eigenvalue weighted by Crippen LogP contribution is 2.36. The molecule has 0 atom stereocenters. The van der Waals surface area contributed by atoms with Crippen LogP contribution >= 0.6 is 11.3 Å². The lowest BCUT2D eigenvalue weighted by Crippen LogP contribution is -1.82. The molecule has 1 aliphatic carbocycles. The van der Waals surface area contributed by atoms with Crippen molar-refractivity contribution < 1.29 is 0 Å². The Bertz CT molecular complexity index is 975. The fourth-order valence-corrected chi connectivity index (χ4v) is 3.55. The molecule has 0 unspecified atom stereocenters. The molecule has 20 heavy (non-hydrogen) atoms. The average molecular weight is 273 g/mol. The van der Waals surface area contributed by atoms with Crippen LogP contribution in [0.25, 0.3) is 25.7 Å². The molecule has 0 bridgehead atoms. The van der Waals surface area contributed by atoms with Crippen molar-refractivity contribution in [2.24, 2.45) is 0 Å². The highest BCUT2D eigenvalue weighted by atomic mass is 32.1. The first-order valence-electron chi connectivity index (χ1n) is 6.42. The van der Waals surface area contributed by atoms with Crippen molar-refractivity contribution in [3.05, 3.63) is 71.7 Å². The van der Waals surface area contributed by atoms with E-state index >= 15 is 0 Å². The van der Waals surface area contributed by atoms with Crippen molar-refractivity contribution in [1.29, 1.82) is 0 Å². The summed E-state index contributed by atoms with van der Waals surface area (Å²) in [5.74, 6) is 0. The third-order valence-corrected chi connectivity index (χ3v) is 4.61. The Kier molecular flexibility index (Phi) is 2.42. The lowest BCUT2D eigenvalue weighted by molar-refractivity contribution is 1.69. The SMILES string of the molecule is Nc1ccc2sc3ccc(C4=C=C=CC=C4)cc3c2c1. The van der Waals surface area contributed by atoms with Crippen LogP contribution < -0.4 is 5.73 Å². The Morgan fingerprint density at radius 3 is 2.55 bits per heavy atom. The highest BCUT2D eigenvalue weighted by Gasteiger charge is 2.07. The highest BCUT2D eigenvalue weighted by molar-refractivity contribution is 7.25. The maximum Gasteiger partial charge on any atom is 0.0356 e. The number of allylic oxidation sites excluding steroid dienone is 4. The van der Waals surface area contributed by atoms with Crippen LogP contribution in [0.2, 0.25) is 0 Å². The smallest absolute Gasteiger partial charge is 0.0356 e. The van der Waals surface area contributed by atoms with Crippen LogP contribution in [0.5, 0.6) is 0 Å². The summed E-state index contributed by atoms with van der Waals surface area (Å²) in [7, 11) is 0. The predicted molar refractivity (Wildman–Crippen MR) is 87.9 cm³/mol. The van der Waals surface area contributed by atoms with Gasteiger partial charge in [0.1, 0.15) is 0 Å². The first kappa shape index (κ1) is 11.3. The van der Waals surface area contributed by atoms with Crippen LogP contribution in [-0.4, -0.2) is 0 Å². The minimum absolute atomic E-state index is 0.808. The van der Waals surface area contributed by atoms with Gasteiger partial charge in [-0.3, -0.25) is 0 Å². The second kappa shape index (κ2) is 4.26. The van der Waals surface area contributed by atoms with Crippen molar-refractivity contribution in [2.75, 3.05) is 5.73 Å². The molecule has 94 valence electrons. The summed E-state index contributed by atoms with van der Waals surface area (Å²) in [6.45, 7) is 0. The fourth-order valence-electron chi connectivity index (χ4n) is 2.48. The van der Waals surface area contributed by atoms with Crippen LogP contribution in [0.15, 0.2) is 66.1 Å². The molecular formula is C18H11NS. The molecule has 0 radical (unpaired) electrons. The van der Waals surface area contributed by atoms with Crippen LogP contribution in [0.1, 0.15) is 5.56 Å². The molecule has 3 aromatic rings. The van der Waals surface area contributed by atoms with Gasteiger partial charge in [-0.2, -0.15) is 0 Å². The standard InChI is InChI=1S/C18H11NS/c19-14-7-9-18-16(11-14)15-10-13(6-8-17(15)20-18)12-4-2-1-3-5-12/h1-2,4,6-11H,19H2. The molecule has 1 aromatic heterocycles. The first-order valence-corrected chi connectivity index (χ1v) is 7.23. The lowest BCUT2D eigenvalue weighted by atomic mass is 10.0. The van der Waals surface area contributed by atoms with Gasteiger partial charge in [-0.25, -0.2) is 0 Å². The molecule has 0 fully saturated rings. The molecule has 1 heterocycles. The Morgan fingerprint density at radius 2 is 1.75 bits per heavy atom. The van der Waals surface area contributed by atoms with Gasteiger partial charge in [-0.05, 0) is 48.0 Å². The number of hydrogen-bond donors (Lipinski definition) is 1. The summed E-state index contributed by atoms with van der Waals surface area (Å²) in [5, 5.41) is 2.49. The van der Waals surface area contributed by atoms with E-state index in [0.717, 1.165) is 16.8 Å². The van der Waals surface area contributed by atoms with E-state index in [1.807, 2.05) is 18.2 Å². The second-order valence-corrected chi connectivity index (χ2v) is 5.86. The van der Waals surface area contributed by atoms with Gasteiger partial charge in [0.25, 0.3) is 0 Å². The monoisotopic (exact) mass is 273 g/mol. The van der Waals surface area contributed by atoms with E-state index in [1.165, 1.54) is 20.2 Å². The van der Waals surface area contributed by atoms with E-state index in [1.54, 1.807) is 11.3 Å². The molecule has 1 nitrogen and oxygen atoms in total. The number of hydrogen-bond acceptors (Lipinski definition) is 2.